The first-order valence-corrected chi connectivity index (χ1v) is 6.02. The summed E-state index contributed by atoms with van der Waals surface area (Å²) < 4.78 is 21.1. The van der Waals surface area contributed by atoms with Crippen LogP contribution < -0.4 is 9.47 Å². The average Bonchev–Trinajstić information content (AvgIpc) is 2.43. The van der Waals surface area contributed by atoms with Gasteiger partial charge in [-0.15, -0.1) is 0 Å². The second kappa shape index (κ2) is 7.76. The predicted octanol–water partition coefficient (Wildman–Crippen LogP) is 2.72. The van der Waals surface area contributed by atoms with Crippen molar-refractivity contribution in [1.29, 1.82) is 0 Å². The molecule has 0 aliphatic heterocycles. The standard InChI is InChI=1S/C14H21NO4/c1-6-15-11-8-13(12(16-3)7-10(11)2)19-9-14(17-4)18-5/h6-8,14H,9H2,1-5H3. The molecule has 0 heterocycles. The molecule has 0 spiro atoms. The third-order valence-corrected chi connectivity index (χ3v) is 2.65. The summed E-state index contributed by atoms with van der Waals surface area (Å²) in [7, 11) is 4.74. The van der Waals surface area contributed by atoms with Crippen molar-refractivity contribution in [3.63, 3.8) is 0 Å². The van der Waals surface area contributed by atoms with Crippen LogP contribution in [0.3, 0.4) is 0 Å². The summed E-state index contributed by atoms with van der Waals surface area (Å²) in [6.45, 7) is 4.12. The molecule has 0 radical (unpaired) electrons. The molecule has 0 N–H and O–H groups in total. The largest absolute Gasteiger partial charge is 0.493 e. The summed E-state index contributed by atoms with van der Waals surface area (Å²) in [6, 6.07) is 3.74. The molecule has 1 aromatic carbocycles. The molecule has 0 saturated heterocycles. The van der Waals surface area contributed by atoms with E-state index in [1.54, 1.807) is 27.5 Å². The topological polar surface area (TPSA) is 49.3 Å². The zero-order chi connectivity index (χ0) is 14.3. The third-order valence-electron chi connectivity index (χ3n) is 2.65. The molecule has 5 nitrogen and oxygen atoms in total. The van der Waals surface area contributed by atoms with Gasteiger partial charge in [0, 0.05) is 26.5 Å². The number of ether oxygens (including phenoxy) is 4. The Bertz CT molecular complexity index is 428. The van der Waals surface area contributed by atoms with Crippen LogP contribution >= 0.6 is 0 Å². The van der Waals surface area contributed by atoms with Gasteiger partial charge in [0.25, 0.3) is 0 Å². The molecular formula is C14H21NO4. The van der Waals surface area contributed by atoms with Crippen LogP contribution in [-0.4, -0.2) is 40.4 Å². The van der Waals surface area contributed by atoms with E-state index >= 15 is 0 Å². The van der Waals surface area contributed by atoms with Gasteiger partial charge < -0.3 is 18.9 Å². The fourth-order valence-electron chi connectivity index (χ4n) is 1.59. The molecule has 0 atom stereocenters. The number of aliphatic imine (C=N–C) groups is 1. The number of rotatable bonds is 7. The van der Waals surface area contributed by atoms with E-state index in [1.165, 1.54) is 0 Å². The van der Waals surface area contributed by atoms with Crippen LogP contribution in [0.5, 0.6) is 11.5 Å². The van der Waals surface area contributed by atoms with Crippen molar-refractivity contribution in [3.8, 4) is 11.5 Å². The van der Waals surface area contributed by atoms with Gasteiger partial charge in [-0.05, 0) is 25.5 Å². The molecule has 0 saturated carbocycles. The first kappa shape index (κ1) is 15.5. The van der Waals surface area contributed by atoms with Gasteiger partial charge >= 0.3 is 0 Å². The molecule has 0 aliphatic rings. The number of benzene rings is 1. The van der Waals surface area contributed by atoms with Gasteiger partial charge in [-0.3, -0.25) is 4.99 Å². The second-order valence-corrected chi connectivity index (χ2v) is 3.89. The Labute approximate surface area is 114 Å². The Morgan fingerprint density at radius 3 is 2.37 bits per heavy atom. The zero-order valence-corrected chi connectivity index (χ0v) is 12.1. The normalized spacial score (nSPS) is 11.3. The van der Waals surface area contributed by atoms with Gasteiger partial charge in [0.1, 0.15) is 6.61 Å². The van der Waals surface area contributed by atoms with Gasteiger partial charge in [0.2, 0.25) is 0 Å². The first-order chi connectivity index (χ1) is 9.15. The van der Waals surface area contributed by atoms with Crippen molar-refractivity contribution in [2.75, 3.05) is 27.9 Å². The highest BCUT2D eigenvalue weighted by Crippen LogP contribution is 2.34. The molecule has 1 rings (SSSR count). The van der Waals surface area contributed by atoms with Crippen molar-refractivity contribution in [2.24, 2.45) is 4.99 Å². The van der Waals surface area contributed by atoms with Gasteiger partial charge in [-0.2, -0.15) is 0 Å². The lowest BCUT2D eigenvalue weighted by molar-refractivity contribution is -0.122. The van der Waals surface area contributed by atoms with Crippen molar-refractivity contribution in [1.82, 2.24) is 0 Å². The Morgan fingerprint density at radius 2 is 1.84 bits per heavy atom. The number of aryl methyl sites for hydroxylation is 1. The lowest BCUT2D eigenvalue weighted by Crippen LogP contribution is -2.22. The summed E-state index contributed by atoms with van der Waals surface area (Å²) in [6.07, 6.45) is 1.33. The van der Waals surface area contributed by atoms with Gasteiger partial charge in [0.15, 0.2) is 17.8 Å². The molecule has 1 aromatic rings. The van der Waals surface area contributed by atoms with Gasteiger partial charge in [0.05, 0.1) is 12.8 Å². The Balaban J connectivity index is 2.94. The van der Waals surface area contributed by atoms with Crippen LogP contribution in [0.2, 0.25) is 0 Å². The number of nitrogens with zero attached hydrogens (tertiary/aromatic N) is 1. The first-order valence-electron chi connectivity index (χ1n) is 6.02. The summed E-state index contributed by atoms with van der Waals surface area (Å²) >= 11 is 0. The lowest BCUT2D eigenvalue weighted by atomic mass is 10.2. The fourth-order valence-corrected chi connectivity index (χ4v) is 1.59. The van der Waals surface area contributed by atoms with Crippen molar-refractivity contribution >= 4 is 11.9 Å². The highest BCUT2D eigenvalue weighted by molar-refractivity contribution is 5.65. The molecule has 0 aromatic heterocycles. The van der Waals surface area contributed by atoms with Gasteiger partial charge in [-0.1, -0.05) is 0 Å². The Hall–Kier alpha value is -1.59. The number of methoxy groups -OCH3 is 3. The maximum absolute atomic E-state index is 5.67. The van der Waals surface area contributed by atoms with E-state index in [1.807, 2.05) is 26.0 Å². The van der Waals surface area contributed by atoms with Crippen molar-refractivity contribution in [2.45, 2.75) is 20.1 Å². The summed E-state index contributed by atoms with van der Waals surface area (Å²) in [5, 5.41) is 0. The van der Waals surface area contributed by atoms with Crippen LogP contribution in [0.25, 0.3) is 0 Å². The maximum atomic E-state index is 5.67. The summed E-state index contributed by atoms with van der Waals surface area (Å²) in [5.74, 6) is 1.28. The van der Waals surface area contributed by atoms with Crippen molar-refractivity contribution < 1.29 is 18.9 Å². The molecule has 19 heavy (non-hydrogen) atoms. The lowest BCUT2D eigenvalue weighted by Gasteiger charge is -2.17. The molecule has 0 fully saturated rings. The van der Waals surface area contributed by atoms with E-state index in [-0.39, 0.29) is 6.61 Å². The van der Waals surface area contributed by atoms with Crippen LogP contribution in [0.4, 0.5) is 5.69 Å². The van der Waals surface area contributed by atoms with E-state index in [2.05, 4.69) is 4.99 Å². The Morgan fingerprint density at radius 1 is 1.16 bits per heavy atom. The quantitative estimate of drug-likeness (QED) is 0.563. The molecule has 0 amide bonds. The monoisotopic (exact) mass is 267 g/mol. The molecule has 5 heteroatoms. The van der Waals surface area contributed by atoms with Gasteiger partial charge in [-0.25, -0.2) is 0 Å². The minimum atomic E-state index is -0.413. The smallest absolute Gasteiger partial charge is 0.191 e. The van der Waals surface area contributed by atoms with E-state index in [0.717, 1.165) is 11.3 Å². The highest BCUT2D eigenvalue weighted by atomic mass is 16.7. The van der Waals surface area contributed by atoms with Crippen LogP contribution in [0, 0.1) is 6.92 Å². The summed E-state index contributed by atoms with van der Waals surface area (Å²) in [5.41, 5.74) is 1.88. The zero-order valence-electron chi connectivity index (χ0n) is 12.1. The molecule has 0 unspecified atom stereocenters. The molecule has 0 bridgehead atoms. The molecule has 106 valence electrons. The average molecular weight is 267 g/mol. The maximum Gasteiger partial charge on any atom is 0.191 e. The van der Waals surface area contributed by atoms with E-state index in [9.17, 15) is 0 Å². The second-order valence-electron chi connectivity index (χ2n) is 3.89. The predicted molar refractivity (Wildman–Crippen MR) is 74.9 cm³/mol. The van der Waals surface area contributed by atoms with E-state index < -0.39 is 6.29 Å². The SMILES string of the molecule is CC=Nc1cc(OCC(OC)OC)c(OC)cc1C. The van der Waals surface area contributed by atoms with E-state index in [4.69, 9.17) is 18.9 Å². The molecule has 0 aliphatic carbocycles. The fraction of sp³-hybridized carbons (Fsp3) is 0.500. The van der Waals surface area contributed by atoms with Crippen LogP contribution in [0.1, 0.15) is 12.5 Å². The Kier molecular flexibility index (Phi) is 6.32. The van der Waals surface area contributed by atoms with Crippen LogP contribution in [-0.2, 0) is 9.47 Å². The molecular weight excluding hydrogens is 246 g/mol. The summed E-state index contributed by atoms with van der Waals surface area (Å²) in [4.78, 5) is 4.29. The minimum absolute atomic E-state index is 0.279. The van der Waals surface area contributed by atoms with Crippen molar-refractivity contribution in [3.05, 3.63) is 17.7 Å². The minimum Gasteiger partial charge on any atom is -0.493 e. The number of hydrogen-bond acceptors (Lipinski definition) is 5. The third kappa shape index (κ3) is 4.22. The number of hydrogen-bond donors (Lipinski definition) is 0. The van der Waals surface area contributed by atoms with E-state index in [0.29, 0.717) is 11.5 Å². The van der Waals surface area contributed by atoms with Crippen LogP contribution in [0.15, 0.2) is 17.1 Å². The highest BCUT2D eigenvalue weighted by Gasteiger charge is 2.12.